The highest BCUT2D eigenvalue weighted by Gasteiger charge is 2.08. The number of nitrogens with zero attached hydrogens (tertiary/aromatic N) is 3. The molecule has 0 unspecified atom stereocenters. The van der Waals surface area contributed by atoms with Crippen molar-refractivity contribution in [2.75, 3.05) is 13.2 Å². The first-order chi connectivity index (χ1) is 12.6. The molecule has 27 heavy (non-hydrogen) atoms. The largest absolute Gasteiger partial charge is 0.477 e. The second-order valence-corrected chi connectivity index (χ2v) is 5.97. The van der Waals surface area contributed by atoms with Gasteiger partial charge in [-0.25, -0.2) is 15.0 Å². The molecule has 0 saturated carbocycles. The van der Waals surface area contributed by atoms with E-state index in [1.165, 1.54) is 0 Å². The van der Waals surface area contributed by atoms with Crippen LogP contribution in [0.5, 0.6) is 5.88 Å². The fraction of sp³-hybridized carbons (Fsp3) is 0.526. The fourth-order valence-electron chi connectivity index (χ4n) is 2.27. The molecular formula is C19H30IN5O2. The zero-order valence-corrected chi connectivity index (χ0v) is 18.9. The van der Waals surface area contributed by atoms with Gasteiger partial charge in [-0.1, -0.05) is 19.4 Å². The summed E-state index contributed by atoms with van der Waals surface area (Å²) in [4.78, 5) is 13.3. The molecule has 2 N–H and O–H groups in total. The number of aliphatic imine (C=N–C) groups is 1. The predicted octanol–water partition coefficient (Wildman–Crippen LogP) is 3.74. The van der Waals surface area contributed by atoms with Gasteiger partial charge in [-0.05, 0) is 33.3 Å². The van der Waals surface area contributed by atoms with Crippen LogP contribution in [0.1, 0.15) is 49.6 Å². The van der Waals surface area contributed by atoms with Gasteiger partial charge in [0.15, 0.2) is 5.96 Å². The second-order valence-electron chi connectivity index (χ2n) is 5.97. The van der Waals surface area contributed by atoms with Crippen molar-refractivity contribution in [3.05, 3.63) is 41.2 Å². The monoisotopic (exact) mass is 487 g/mol. The summed E-state index contributed by atoms with van der Waals surface area (Å²) in [5.41, 5.74) is 1.87. The third kappa shape index (κ3) is 7.74. The van der Waals surface area contributed by atoms with Crippen LogP contribution in [0.25, 0.3) is 0 Å². The Bertz CT molecular complexity index is 698. The molecule has 0 spiro atoms. The maximum Gasteiger partial charge on any atom is 0.218 e. The molecule has 0 saturated heterocycles. The van der Waals surface area contributed by atoms with Gasteiger partial charge in [0.25, 0.3) is 0 Å². The van der Waals surface area contributed by atoms with Crippen molar-refractivity contribution in [3.8, 4) is 5.88 Å². The van der Waals surface area contributed by atoms with E-state index < -0.39 is 0 Å². The van der Waals surface area contributed by atoms with Gasteiger partial charge in [-0.2, -0.15) is 0 Å². The molecule has 0 aliphatic rings. The van der Waals surface area contributed by atoms with Gasteiger partial charge in [0.05, 0.1) is 25.4 Å². The average molecular weight is 487 g/mol. The van der Waals surface area contributed by atoms with Gasteiger partial charge in [0.2, 0.25) is 11.8 Å². The average Bonchev–Trinajstić information content (AvgIpc) is 2.96. The smallest absolute Gasteiger partial charge is 0.218 e. The summed E-state index contributed by atoms with van der Waals surface area (Å²) in [5, 5.41) is 6.47. The van der Waals surface area contributed by atoms with E-state index in [0.29, 0.717) is 37.4 Å². The molecule has 0 bridgehead atoms. The van der Waals surface area contributed by atoms with Crippen molar-refractivity contribution in [1.82, 2.24) is 20.6 Å². The van der Waals surface area contributed by atoms with Gasteiger partial charge in [0, 0.05) is 18.3 Å². The summed E-state index contributed by atoms with van der Waals surface area (Å²) in [6.45, 7) is 10.4. The zero-order chi connectivity index (χ0) is 18.8. The summed E-state index contributed by atoms with van der Waals surface area (Å²) in [6, 6.07) is 3.89. The summed E-state index contributed by atoms with van der Waals surface area (Å²) in [5.74, 6) is 2.84. The molecule has 0 atom stereocenters. The third-order valence-electron chi connectivity index (χ3n) is 3.82. The molecule has 0 amide bonds. The van der Waals surface area contributed by atoms with Gasteiger partial charge >= 0.3 is 0 Å². The lowest BCUT2D eigenvalue weighted by Gasteiger charge is -2.11. The van der Waals surface area contributed by atoms with E-state index >= 15 is 0 Å². The van der Waals surface area contributed by atoms with Crippen molar-refractivity contribution in [1.29, 1.82) is 0 Å². The Kier molecular flexibility index (Phi) is 10.8. The number of aromatic nitrogens is 2. The lowest BCUT2D eigenvalue weighted by atomic mass is 10.3. The van der Waals surface area contributed by atoms with Crippen LogP contribution in [0.15, 0.2) is 27.7 Å². The summed E-state index contributed by atoms with van der Waals surface area (Å²) in [6.07, 6.45) is 3.85. The number of hydrogen-bond acceptors (Lipinski definition) is 5. The fourth-order valence-corrected chi connectivity index (χ4v) is 2.27. The van der Waals surface area contributed by atoms with E-state index in [0.717, 1.165) is 36.4 Å². The predicted molar refractivity (Wildman–Crippen MR) is 118 cm³/mol. The standard InChI is InChI=1S/C19H29N5O2.HI/c1-5-7-11-25-18-16(9-8-10-21-18)12-22-19(20-6-2)23-13-17-24-14(3)15(4)26-17;/h8-10H,5-7,11-13H2,1-4H3,(H2,20,22,23);1H. The second kappa shape index (κ2) is 12.5. The Labute approximate surface area is 178 Å². The Morgan fingerprint density at radius 1 is 1.26 bits per heavy atom. The van der Waals surface area contributed by atoms with Crippen LogP contribution in [0.4, 0.5) is 0 Å². The van der Waals surface area contributed by atoms with Crippen molar-refractivity contribution in [2.45, 2.75) is 53.6 Å². The molecule has 2 aromatic rings. The van der Waals surface area contributed by atoms with E-state index in [-0.39, 0.29) is 24.0 Å². The maximum absolute atomic E-state index is 5.77. The van der Waals surface area contributed by atoms with Gasteiger partial charge in [-0.15, -0.1) is 24.0 Å². The molecule has 2 heterocycles. The first-order valence-corrected chi connectivity index (χ1v) is 9.15. The van der Waals surface area contributed by atoms with Crippen LogP contribution in [0.3, 0.4) is 0 Å². The molecular weight excluding hydrogens is 457 g/mol. The molecule has 7 nitrogen and oxygen atoms in total. The molecule has 8 heteroatoms. The third-order valence-corrected chi connectivity index (χ3v) is 3.82. The minimum Gasteiger partial charge on any atom is -0.477 e. The summed E-state index contributed by atoms with van der Waals surface area (Å²) in [7, 11) is 0. The number of unbranched alkanes of at least 4 members (excludes halogenated alkanes) is 1. The summed E-state index contributed by atoms with van der Waals surface area (Å²) < 4.78 is 11.4. The van der Waals surface area contributed by atoms with E-state index in [9.17, 15) is 0 Å². The Morgan fingerprint density at radius 2 is 2.07 bits per heavy atom. The number of nitrogens with one attached hydrogen (secondary N) is 2. The zero-order valence-electron chi connectivity index (χ0n) is 16.5. The number of oxazole rings is 1. The Morgan fingerprint density at radius 3 is 2.74 bits per heavy atom. The highest BCUT2D eigenvalue weighted by Crippen LogP contribution is 2.16. The van der Waals surface area contributed by atoms with Crippen LogP contribution in [0.2, 0.25) is 0 Å². The van der Waals surface area contributed by atoms with Crippen LogP contribution in [0, 0.1) is 13.8 Å². The lowest BCUT2D eigenvalue weighted by Crippen LogP contribution is -2.36. The van der Waals surface area contributed by atoms with E-state index in [2.05, 4.69) is 32.5 Å². The molecule has 0 fully saturated rings. The minimum absolute atomic E-state index is 0. The SMILES string of the molecule is CCCCOc1ncccc1CN=C(NCC)NCc1nc(C)c(C)o1.I. The number of ether oxygens (including phenoxy) is 1. The highest BCUT2D eigenvalue weighted by molar-refractivity contribution is 14.0. The number of rotatable bonds is 9. The lowest BCUT2D eigenvalue weighted by molar-refractivity contribution is 0.294. The quantitative estimate of drug-likeness (QED) is 0.243. The molecule has 0 aliphatic carbocycles. The van der Waals surface area contributed by atoms with Crippen molar-refractivity contribution < 1.29 is 9.15 Å². The van der Waals surface area contributed by atoms with Crippen LogP contribution in [-0.4, -0.2) is 29.1 Å². The number of hydrogen-bond donors (Lipinski definition) is 2. The minimum atomic E-state index is 0. The number of halogens is 1. The molecule has 0 aromatic carbocycles. The molecule has 150 valence electrons. The Balaban J connectivity index is 0.00000364. The van der Waals surface area contributed by atoms with Crippen molar-refractivity contribution in [2.24, 2.45) is 4.99 Å². The van der Waals surface area contributed by atoms with Gasteiger partial charge < -0.3 is 19.8 Å². The topological polar surface area (TPSA) is 84.6 Å². The number of guanidine groups is 1. The maximum atomic E-state index is 5.77. The normalized spacial score (nSPS) is 11.0. The first kappa shape index (κ1) is 23.2. The molecule has 2 rings (SSSR count). The van der Waals surface area contributed by atoms with Crippen molar-refractivity contribution >= 4 is 29.9 Å². The van der Waals surface area contributed by atoms with Crippen LogP contribution >= 0.6 is 24.0 Å². The van der Waals surface area contributed by atoms with E-state index in [1.54, 1.807) is 6.20 Å². The molecule has 0 aliphatic heterocycles. The van der Waals surface area contributed by atoms with Gasteiger partial charge in [-0.3, -0.25) is 0 Å². The van der Waals surface area contributed by atoms with Gasteiger partial charge in [0.1, 0.15) is 5.76 Å². The van der Waals surface area contributed by atoms with E-state index in [4.69, 9.17) is 9.15 Å². The van der Waals surface area contributed by atoms with Crippen LogP contribution in [-0.2, 0) is 13.1 Å². The number of aryl methyl sites for hydroxylation is 2. The first-order valence-electron chi connectivity index (χ1n) is 9.15. The molecule has 0 radical (unpaired) electrons. The van der Waals surface area contributed by atoms with E-state index in [1.807, 2.05) is 32.9 Å². The van der Waals surface area contributed by atoms with Crippen molar-refractivity contribution in [3.63, 3.8) is 0 Å². The Hall–Kier alpha value is -1.84. The number of pyridine rings is 1. The molecule has 2 aromatic heterocycles. The van der Waals surface area contributed by atoms with Crippen LogP contribution < -0.4 is 15.4 Å². The highest BCUT2D eigenvalue weighted by atomic mass is 127. The summed E-state index contributed by atoms with van der Waals surface area (Å²) >= 11 is 0.